The molecule has 35 heavy (non-hydrogen) atoms. The lowest BCUT2D eigenvalue weighted by molar-refractivity contribution is -0.151. The molecule has 196 valence electrons. The minimum absolute atomic E-state index is 0.184. The summed E-state index contributed by atoms with van der Waals surface area (Å²) < 4.78 is 5.43. The number of esters is 1. The summed E-state index contributed by atoms with van der Waals surface area (Å²) in [6.45, 7) is 3.56. The van der Waals surface area contributed by atoms with E-state index >= 15 is 0 Å². The van der Waals surface area contributed by atoms with E-state index in [9.17, 15) is 29.1 Å². The first-order valence-electron chi connectivity index (χ1n) is 11.5. The van der Waals surface area contributed by atoms with Gasteiger partial charge in [-0.25, -0.2) is 0 Å². The highest BCUT2D eigenvalue weighted by atomic mass is 33.1. The van der Waals surface area contributed by atoms with Gasteiger partial charge in [-0.1, -0.05) is 41.5 Å². The summed E-state index contributed by atoms with van der Waals surface area (Å²) >= 11 is 0. The average molecular weight is 532 g/mol. The number of allylic oxidation sites excluding steroid dienone is 1. The van der Waals surface area contributed by atoms with Crippen molar-refractivity contribution < 1.29 is 38.9 Å². The molecule has 5 atom stereocenters. The lowest BCUT2D eigenvalue weighted by Gasteiger charge is -2.29. The topological polar surface area (TPSA) is 171 Å². The second-order valence-corrected chi connectivity index (χ2v) is 11.3. The number of carbonyl (C=O) groups is 5. The maximum absolute atomic E-state index is 13.1. The lowest BCUT2D eigenvalue weighted by Crippen LogP contribution is -2.58. The summed E-state index contributed by atoms with van der Waals surface area (Å²) in [6, 6.07) is -3.00. The summed E-state index contributed by atoms with van der Waals surface area (Å²) in [5.41, 5.74) is 0. The molecule has 3 amide bonds. The molecule has 0 aromatic carbocycles. The smallest absolute Gasteiger partial charge is 0.309 e. The number of aliphatic hydroxyl groups excluding tert-OH is 1. The normalized spacial score (nSPS) is 29.7. The monoisotopic (exact) mass is 531 g/mol. The second-order valence-electron chi connectivity index (χ2n) is 8.72. The zero-order valence-corrected chi connectivity index (χ0v) is 21.4. The number of carboxylic acid groups (broad SMARTS) is 1. The number of ether oxygens (including phenoxy) is 1. The number of rotatable bonds is 4. The third-order valence-electron chi connectivity index (χ3n) is 5.46. The van der Waals surface area contributed by atoms with Crippen LogP contribution in [-0.4, -0.2) is 81.7 Å². The third kappa shape index (κ3) is 10.1. The van der Waals surface area contributed by atoms with Crippen LogP contribution in [0.15, 0.2) is 12.2 Å². The maximum Gasteiger partial charge on any atom is 0.309 e. The Labute approximate surface area is 212 Å². The van der Waals surface area contributed by atoms with Gasteiger partial charge in [0.25, 0.3) is 0 Å². The van der Waals surface area contributed by atoms with Crippen LogP contribution in [0.5, 0.6) is 0 Å². The SMILES string of the molecule is CC(C)[C@H]1NC(=O)[C@H]2CSSCCC=C[C@H](CC(=O)N[C@H](CCC(=O)O)C(=O)N2)OC(=O)C[C@@H]1O. The number of hydrogen-bond donors (Lipinski definition) is 5. The third-order valence-corrected chi connectivity index (χ3v) is 7.90. The molecule has 0 radical (unpaired) electrons. The van der Waals surface area contributed by atoms with Crippen molar-refractivity contribution in [2.75, 3.05) is 11.5 Å². The molecule has 2 rings (SSSR count). The number of amides is 3. The van der Waals surface area contributed by atoms with Gasteiger partial charge in [-0.3, -0.25) is 24.0 Å². The van der Waals surface area contributed by atoms with E-state index in [0.29, 0.717) is 12.2 Å². The van der Waals surface area contributed by atoms with Gasteiger partial charge in [0, 0.05) is 17.9 Å². The van der Waals surface area contributed by atoms with Gasteiger partial charge in [0.1, 0.15) is 18.2 Å². The van der Waals surface area contributed by atoms with Crippen LogP contribution < -0.4 is 16.0 Å². The fourth-order valence-electron chi connectivity index (χ4n) is 3.60. The van der Waals surface area contributed by atoms with Crippen LogP contribution in [0.25, 0.3) is 0 Å². The van der Waals surface area contributed by atoms with Gasteiger partial charge in [0.05, 0.1) is 25.0 Å². The highest BCUT2D eigenvalue weighted by Gasteiger charge is 2.33. The molecular formula is C22H33N3O8S2. The predicted octanol–water partition coefficient (Wildman–Crippen LogP) is 0.369. The number of fused-ring (bicyclic) bond motifs is 7. The van der Waals surface area contributed by atoms with Crippen LogP contribution in [0.3, 0.4) is 0 Å². The molecule has 0 spiro atoms. The Balaban J connectivity index is 2.46. The number of nitrogens with one attached hydrogen (secondary N) is 3. The summed E-state index contributed by atoms with van der Waals surface area (Å²) in [5.74, 6) is -3.09. The first-order chi connectivity index (χ1) is 16.6. The van der Waals surface area contributed by atoms with E-state index in [0.717, 1.165) is 0 Å². The van der Waals surface area contributed by atoms with Crippen molar-refractivity contribution in [1.29, 1.82) is 0 Å². The van der Waals surface area contributed by atoms with Gasteiger partial charge in [0.15, 0.2) is 0 Å². The Hall–Kier alpha value is -2.25. The molecule has 2 aliphatic heterocycles. The van der Waals surface area contributed by atoms with Crippen molar-refractivity contribution in [1.82, 2.24) is 16.0 Å². The minimum Gasteiger partial charge on any atom is -0.481 e. The van der Waals surface area contributed by atoms with Crippen molar-refractivity contribution in [3.05, 3.63) is 12.2 Å². The second kappa shape index (κ2) is 14.3. The summed E-state index contributed by atoms with van der Waals surface area (Å²) in [6.07, 6.45) is 0.579. The Morgan fingerprint density at radius 3 is 2.54 bits per heavy atom. The van der Waals surface area contributed by atoms with Crippen molar-refractivity contribution in [3.63, 3.8) is 0 Å². The van der Waals surface area contributed by atoms with E-state index in [4.69, 9.17) is 9.84 Å². The average Bonchev–Trinajstić information content (AvgIpc) is 2.76. The van der Waals surface area contributed by atoms with E-state index in [1.165, 1.54) is 21.6 Å². The Bertz CT molecular complexity index is 823. The van der Waals surface area contributed by atoms with Crippen molar-refractivity contribution in [3.8, 4) is 0 Å². The number of carboxylic acids is 1. The van der Waals surface area contributed by atoms with Crippen molar-refractivity contribution >= 4 is 51.2 Å². The van der Waals surface area contributed by atoms with Crippen LogP contribution in [0.4, 0.5) is 0 Å². The standard InChI is InChI=1S/C22H33N3O8S2/c1-12(2)20-16(26)10-19(30)33-13-5-3-4-8-34-35-11-15(22(32)25-20)24-21(31)14(6-7-18(28)29)23-17(27)9-13/h3,5,12-16,20,26H,4,6-11H2,1-2H3,(H,23,27)(H,24,31)(H,25,32)(H,28,29)/t13-,14-,15-,16+,20-/m1/s1. The summed E-state index contributed by atoms with van der Waals surface area (Å²) in [7, 11) is 2.88. The van der Waals surface area contributed by atoms with Crippen molar-refractivity contribution in [2.24, 2.45) is 5.92 Å². The number of carbonyl (C=O) groups excluding carboxylic acids is 4. The largest absolute Gasteiger partial charge is 0.481 e. The maximum atomic E-state index is 13.1. The Morgan fingerprint density at radius 1 is 1.11 bits per heavy atom. The highest BCUT2D eigenvalue weighted by Crippen LogP contribution is 2.24. The molecule has 13 heteroatoms. The van der Waals surface area contributed by atoms with Gasteiger partial charge in [-0.15, -0.1) is 0 Å². The zero-order valence-electron chi connectivity index (χ0n) is 19.7. The van der Waals surface area contributed by atoms with Crippen LogP contribution >= 0.6 is 21.6 Å². The lowest BCUT2D eigenvalue weighted by atomic mass is 9.96. The van der Waals surface area contributed by atoms with Gasteiger partial charge >= 0.3 is 11.9 Å². The fourth-order valence-corrected chi connectivity index (χ4v) is 5.76. The molecule has 5 N–H and O–H groups in total. The molecule has 0 aromatic rings. The number of aliphatic hydroxyl groups is 1. The summed E-state index contributed by atoms with van der Waals surface area (Å²) in [4.78, 5) is 62.5. The van der Waals surface area contributed by atoms with Gasteiger partial charge < -0.3 is 30.9 Å². The van der Waals surface area contributed by atoms with Crippen LogP contribution in [0.2, 0.25) is 0 Å². The first-order valence-corrected chi connectivity index (χ1v) is 14.0. The van der Waals surface area contributed by atoms with E-state index in [-0.39, 0.29) is 30.9 Å². The Kier molecular flexibility index (Phi) is 11.9. The molecule has 1 fully saturated rings. The molecule has 2 bridgehead atoms. The summed E-state index contributed by atoms with van der Waals surface area (Å²) in [5, 5.41) is 27.6. The number of aliphatic carboxylic acids is 1. The Morgan fingerprint density at radius 2 is 1.86 bits per heavy atom. The first kappa shape index (κ1) is 29.0. The van der Waals surface area contributed by atoms with Crippen LogP contribution in [-0.2, 0) is 28.7 Å². The minimum atomic E-state index is -1.25. The number of hydrogen-bond acceptors (Lipinski definition) is 9. The molecule has 11 nitrogen and oxygen atoms in total. The van der Waals surface area contributed by atoms with E-state index in [1.54, 1.807) is 26.0 Å². The molecule has 0 aromatic heterocycles. The quantitative estimate of drug-likeness (QED) is 0.194. The van der Waals surface area contributed by atoms with Crippen LogP contribution in [0.1, 0.15) is 46.0 Å². The molecule has 0 saturated carbocycles. The highest BCUT2D eigenvalue weighted by molar-refractivity contribution is 8.76. The van der Waals surface area contributed by atoms with Gasteiger partial charge in [-0.2, -0.15) is 0 Å². The molecule has 2 aliphatic rings. The predicted molar refractivity (Wildman–Crippen MR) is 131 cm³/mol. The molecule has 2 heterocycles. The van der Waals surface area contributed by atoms with E-state index < -0.39 is 66.4 Å². The van der Waals surface area contributed by atoms with E-state index in [2.05, 4.69) is 16.0 Å². The van der Waals surface area contributed by atoms with Gasteiger partial charge in [-0.05, 0) is 24.8 Å². The van der Waals surface area contributed by atoms with Gasteiger partial charge in [0.2, 0.25) is 17.7 Å². The molecular weight excluding hydrogens is 498 g/mol. The van der Waals surface area contributed by atoms with Crippen molar-refractivity contribution in [2.45, 2.75) is 76.3 Å². The molecule has 0 aliphatic carbocycles. The molecule has 0 unspecified atom stereocenters. The fraction of sp³-hybridized carbons (Fsp3) is 0.682. The van der Waals surface area contributed by atoms with E-state index in [1.807, 2.05) is 0 Å². The molecule has 1 saturated heterocycles. The zero-order chi connectivity index (χ0) is 26.0. The van der Waals surface area contributed by atoms with Crippen LogP contribution in [0, 0.1) is 5.92 Å².